The van der Waals surface area contributed by atoms with E-state index in [0.717, 1.165) is 28.4 Å². The summed E-state index contributed by atoms with van der Waals surface area (Å²) in [6.07, 6.45) is 1.83. The van der Waals surface area contributed by atoms with Gasteiger partial charge in [0.15, 0.2) is 0 Å². The molecular weight excluding hydrogens is 288 g/mol. The van der Waals surface area contributed by atoms with Crippen LogP contribution in [0.25, 0.3) is 11.3 Å². The average molecular weight is 308 g/mol. The minimum atomic E-state index is 0.464. The van der Waals surface area contributed by atoms with Gasteiger partial charge < -0.3 is 14.5 Å². The number of hydrogen-bond acceptors (Lipinski definition) is 3. The molecule has 0 unspecified atom stereocenters. The Morgan fingerprint density at radius 2 is 1.74 bits per heavy atom. The van der Waals surface area contributed by atoms with E-state index in [0.29, 0.717) is 19.8 Å². The van der Waals surface area contributed by atoms with Crippen molar-refractivity contribution in [3.8, 4) is 17.0 Å². The van der Waals surface area contributed by atoms with Gasteiger partial charge in [0, 0.05) is 0 Å². The normalized spacial score (nSPS) is 10.7. The van der Waals surface area contributed by atoms with Crippen molar-refractivity contribution in [2.24, 2.45) is 0 Å². The van der Waals surface area contributed by atoms with Crippen molar-refractivity contribution in [2.45, 2.75) is 20.1 Å². The van der Waals surface area contributed by atoms with Gasteiger partial charge in [-0.25, -0.2) is 4.98 Å². The Morgan fingerprint density at radius 3 is 2.48 bits per heavy atom. The SMILES string of the molecule is CCOc1ccc(-c2cnc(COCc3ccccc3)[nH]2)cc1. The highest BCUT2D eigenvalue weighted by Gasteiger charge is 2.04. The molecule has 0 saturated carbocycles. The third-order valence-electron chi connectivity index (χ3n) is 3.46. The summed E-state index contributed by atoms with van der Waals surface area (Å²) in [5.74, 6) is 1.70. The van der Waals surface area contributed by atoms with Crippen molar-refractivity contribution in [3.63, 3.8) is 0 Å². The topological polar surface area (TPSA) is 47.1 Å². The Balaban J connectivity index is 1.57. The largest absolute Gasteiger partial charge is 0.494 e. The number of nitrogens with one attached hydrogen (secondary N) is 1. The fraction of sp³-hybridized carbons (Fsp3) is 0.211. The highest BCUT2D eigenvalue weighted by Crippen LogP contribution is 2.21. The van der Waals surface area contributed by atoms with Gasteiger partial charge in [-0.05, 0) is 42.3 Å². The number of hydrogen-bond donors (Lipinski definition) is 1. The van der Waals surface area contributed by atoms with Gasteiger partial charge in [-0.2, -0.15) is 0 Å². The molecular formula is C19H20N2O2. The molecule has 118 valence electrons. The van der Waals surface area contributed by atoms with E-state index in [9.17, 15) is 0 Å². The van der Waals surface area contributed by atoms with Crippen LogP contribution in [0.2, 0.25) is 0 Å². The molecule has 0 fully saturated rings. The Hall–Kier alpha value is -2.59. The van der Waals surface area contributed by atoms with Gasteiger partial charge in [-0.15, -0.1) is 0 Å². The number of imidazole rings is 1. The molecule has 1 heterocycles. The van der Waals surface area contributed by atoms with E-state index in [1.54, 1.807) is 0 Å². The molecule has 4 heteroatoms. The number of nitrogens with zero attached hydrogens (tertiary/aromatic N) is 1. The quantitative estimate of drug-likeness (QED) is 0.712. The van der Waals surface area contributed by atoms with Gasteiger partial charge in [-0.1, -0.05) is 30.3 Å². The number of rotatable bonds is 7. The van der Waals surface area contributed by atoms with Gasteiger partial charge in [0.2, 0.25) is 0 Å². The lowest BCUT2D eigenvalue weighted by Gasteiger charge is -2.04. The third kappa shape index (κ3) is 4.20. The Morgan fingerprint density at radius 1 is 0.957 bits per heavy atom. The first kappa shape index (κ1) is 15.3. The highest BCUT2D eigenvalue weighted by atomic mass is 16.5. The molecule has 0 saturated heterocycles. The van der Waals surface area contributed by atoms with Crippen molar-refractivity contribution < 1.29 is 9.47 Å². The van der Waals surface area contributed by atoms with Crippen molar-refractivity contribution in [3.05, 3.63) is 72.2 Å². The van der Waals surface area contributed by atoms with Crippen LogP contribution in [0.3, 0.4) is 0 Å². The zero-order valence-electron chi connectivity index (χ0n) is 13.2. The van der Waals surface area contributed by atoms with E-state index in [1.807, 2.05) is 67.7 Å². The first-order valence-electron chi connectivity index (χ1n) is 7.74. The fourth-order valence-corrected chi connectivity index (χ4v) is 2.32. The molecule has 2 aromatic carbocycles. The summed E-state index contributed by atoms with van der Waals surface area (Å²) in [5, 5.41) is 0. The van der Waals surface area contributed by atoms with Crippen LogP contribution >= 0.6 is 0 Å². The maximum Gasteiger partial charge on any atom is 0.132 e. The van der Waals surface area contributed by atoms with Crippen LogP contribution in [0, 0.1) is 0 Å². The molecule has 0 aliphatic rings. The summed E-state index contributed by atoms with van der Waals surface area (Å²) in [4.78, 5) is 7.66. The molecule has 23 heavy (non-hydrogen) atoms. The molecule has 1 aromatic heterocycles. The van der Waals surface area contributed by atoms with Crippen LogP contribution in [0.4, 0.5) is 0 Å². The second kappa shape index (κ2) is 7.61. The predicted octanol–water partition coefficient (Wildman–Crippen LogP) is 4.19. The zero-order chi connectivity index (χ0) is 15.9. The van der Waals surface area contributed by atoms with E-state index in [-0.39, 0.29) is 0 Å². The molecule has 3 rings (SSSR count). The lowest BCUT2D eigenvalue weighted by molar-refractivity contribution is 0.102. The summed E-state index contributed by atoms with van der Waals surface area (Å²) < 4.78 is 11.1. The standard InChI is InChI=1S/C19H20N2O2/c1-2-23-17-10-8-16(9-11-17)18-12-20-19(21-18)14-22-13-15-6-4-3-5-7-15/h3-12H,2,13-14H2,1H3,(H,20,21). The Bertz CT molecular complexity index is 721. The van der Waals surface area contributed by atoms with Crippen molar-refractivity contribution >= 4 is 0 Å². The minimum absolute atomic E-state index is 0.464. The first-order chi connectivity index (χ1) is 11.3. The van der Waals surface area contributed by atoms with Gasteiger partial charge in [0.25, 0.3) is 0 Å². The molecule has 3 aromatic rings. The second-order valence-corrected chi connectivity index (χ2v) is 5.18. The summed E-state index contributed by atoms with van der Waals surface area (Å²) >= 11 is 0. The van der Waals surface area contributed by atoms with Gasteiger partial charge in [-0.3, -0.25) is 0 Å². The molecule has 0 amide bonds. The molecule has 0 aliphatic carbocycles. The maximum absolute atomic E-state index is 5.69. The van der Waals surface area contributed by atoms with Crippen molar-refractivity contribution in [1.82, 2.24) is 9.97 Å². The summed E-state index contributed by atoms with van der Waals surface area (Å²) in [5.41, 5.74) is 3.22. The van der Waals surface area contributed by atoms with Crippen LogP contribution in [0.1, 0.15) is 18.3 Å². The average Bonchev–Trinajstić information content (AvgIpc) is 3.06. The Kier molecular flexibility index (Phi) is 5.06. The van der Waals surface area contributed by atoms with Crippen LogP contribution in [0.5, 0.6) is 5.75 Å². The first-order valence-corrected chi connectivity index (χ1v) is 7.74. The van der Waals surface area contributed by atoms with Crippen molar-refractivity contribution in [2.75, 3.05) is 6.61 Å². The summed E-state index contributed by atoms with van der Waals surface area (Å²) in [7, 11) is 0. The van der Waals surface area contributed by atoms with Crippen LogP contribution < -0.4 is 4.74 Å². The number of ether oxygens (including phenoxy) is 2. The summed E-state index contributed by atoms with van der Waals surface area (Å²) in [6.45, 7) is 3.70. The van der Waals surface area contributed by atoms with Gasteiger partial charge >= 0.3 is 0 Å². The predicted molar refractivity (Wildman–Crippen MR) is 90.1 cm³/mol. The second-order valence-electron chi connectivity index (χ2n) is 5.18. The number of H-pyrrole nitrogens is 1. The maximum atomic E-state index is 5.69. The lowest BCUT2D eigenvalue weighted by atomic mass is 10.2. The van der Waals surface area contributed by atoms with E-state index in [2.05, 4.69) is 9.97 Å². The monoisotopic (exact) mass is 308 g/mol. The Labute approximate surface area is 136 Å². The van der Waals surface area contributed by atoms with Crippen molar-refractivity contribution in [1.29, 1.82) is 0 Å². The molecule has 0 spiro atoms. The van der Waals surface area contributed by atoms with E-state index < -0.39 is 0 Å². The summed E-state index contributed by atoms with van der Waals surface area (Å²) in [6, 6.07) is 18.1. The smallest absolute Gasteiger partial charge is 0.132 e. The number of aromatic amines is 1. The van der Waals surface area contributed by atoms with E-state index in [1.165, 1.54) is 0 Å². The van der Waals surface area contributed by atoms with Crippen LogP contribution in [-0.2, 0) is 18.0 Å². The van der Waals surface area contributed by atoms with Gasteiger partial charge in [0.05, 0.1) is 25.1 Å². The van der Waals surface area contributed by atoms with Crippen LogP contribution in [0.15, 0.2) is 60.8 Å². The molecule has 0 radical (unpaired) electrons. The third-order valence-corrected chi connectivity index (χ3v) is 3.46. The lowest BCUT2D eigenvalue weighted by Crippen LogP contribution is -1.95. The van der Waals surface area contributed by atoms with Gasteiger partial charge in [0.1, 0.15) is 18.2 Å². The molecule has 0 bridgehead atoms. The highest BCUT2D eigenvalue weighted by molar-refractivity contribution is 5.59. The van der Waals surface area contributed by atoms with E-state index >= 15 is 0 Å². The number of aromatic nitrogens is 2. The molecule has 0 atom stereocenters. The van der Waals surface area contributed by atoms with Crippen LogP contribution in [-0.4, -0.2) is 16.6 Å². The molecule has 1 N–H and O–H groups in total. The molecule has 0 aliphatic heterocycles. The fourth-order valence-electron chi connectivity index (χ4n) is 2.32. The van der Waals surface area contributed by atoms with E-state index in [4.69, 9.17) is 9.47 Å². The number of benzene rings is 2. The molecule has 4 nitrogen and oxygen atoms in total. The zero-order valence-corrected chi connectivity index (χ0v) is 13.2. The minimum Gasteiger partial charge on any atom is -0.494 e.